The minimum Gasteiger partial charge on any atom is -0.478 e. The van der Waals surface area contributed by atoms with Crippen molar-refractivity contribution in [2.75, 3.05) is 32.2 Å². The monoisotopic (exact) mass is 267 g/mol. The highest BCUT2D eigenvalue weighted by Gasteiger charge is 2.11. The molecule has 1 aromatic rings. The predicted molar refractivity (Wildman–Crippen MR) is 72.8 cm³/mol. The van der Waals surface area contributed by atoms with Crippen molar-refractivity contribution < 1.29 is 19.0 Å². The lowest BCUT2D eigenvalue weighted by molar-refractivity contribution is -0.131. The number of ether oxygens (including phenoxy) is 1. The van der Waals surface area contributed by atoms with Crippen molar-refractivity contribution in [2.45, 2.75) is 6.42 Å². The molecule has 0 fully saturated rings. The molecule has 0 bridgehead atoms. The van der Waals surface area contributed by atoms with Gasteiger partial charge in [0, 0.05) is 38.9 Å². The Morgan fingerprint density at radius 1 is 1.53 bits per heavy atom. The highest BCUT2D eigenvalue weighted by Crippen LogP contribution is 2.24. The van der Waals surface area contributed by atoms with E-state index in [0.717, 1.165) is 12.5 Å². The van der Waals surface area contributed by atoms with Gasteiger partial charge in [-0.3, -0.25) is 0 Å². The number of nitrogens with zero attached hydrogens (tertiary/aromatic N) is 1. The lowest BCUT2D eigenvalue weighted by Crippen LogP contribution is -2.21. The Morgan fingerprint density at radius 2 is 2.26 bits per heavy atom. The number of halogens is 1. The van der Waals surface area contributed by atoms with Crippen LogP contribution in [0.4, 0.5) is 10.1 Å². The van der Waals surface area contributed by atoms with Crippen molar-refractivity contribution in [3.8, 4) is 0 Å². The topological polar surface area (TPSA) is 49.8 Å². The van der Waals surface area contributed by atoms with Crippen LogP contribution in [0.3, 0.4) is 0 Å². The summed E-state index contributed by atoms with van der Waals surface area (Å²) in [5.41, 5.74) is 0.943. The number of hydrogen-bond acceptors (Lipinski definition) is 3. The number of carbonyl (C=O) groups is 1. The maximum absolute atomic E-state index is 13.9. The van der Waals surface area contributed by atoms with Gasteiger partial charge in [0.25, 0.3) is 0 Å². The lowest BCUT2D eigenvalue weighted by Gasteiger charge is -2.22. The van der Waals surface area contributed by atoms with E-state index in [1.165, 1.54) is 12.1 Å². The standard InChI is InChI=1S/C14H18FNO3/c1-16(9-4-10-19-2)14-11(7-8-13(17)18)5-3-6-12(14)15/h3,5-8H,4,9-10H2,1-2H3,(H,17,18)/b8-7+. The Hall–Kier alpha value is -1.88. The second-order valence-electron chi connectivity index (χ2n) is 4.12. The van der Waals surface area contributed by atoms with Crippen LogP contribution in [0.25, 0.3) is 6.08 Å². The fourth-order valence-corrected chi connectivity index (χ4v) is 1.79. The number of methoxy groups -OCH3 is 1. The third kappa shape index (κ3) is 4.71. The van der Waals surface area contributed by atoms with E-state index in [1.807, 2.05) is 0 Å². The Morgan fingerprint density at radius 3 is 2.89 bits per heavy atom. The molecule has 0 saturated heterocycles. The smallest absolute Gasteiger partial charge is 0.328 e. The first-order chi connectivity index (χ1) is 9.06. The van der Waals surface area contributed by atoms with Gasteiger partial charge in [-0.1, -0.05) is 12.1 Å². The van der Waals surface area contributed by atoms with Crippen LogP contribution in [0.1, 0.15) is 12.0 Å². The van der Waals surface area contributed by atoms with Gasteiger partial charge in [0.15, 0.2) is 0 Å². The molecule has 0 spiro atoms. The summed E-state index contributed by atoms with van der Waals surface area (Å²) < 4.78 is 18.8. The number of aliphatic carboxylic acids is 1. The molecule has 1 rings (SSSR count). The zero-order chi connectivity index (χ0) is 14.3. The molecule has 4 nitrogen and oxygen atoms in total. The predicted octanol–water partition coefficient (Wildman–Crippen LogP) is 2.40. The number of rotatable bonds is 7. The molecule has 19 heavy (non-hydrogen) atoms. The van der Waals surface area contributed by atoms with Gasteiger partial charge in [0.05, 0.1) is 5.69 Å². The zero-order valence-electron chi connectivity index (χ0n) is 11.1. The number of benzene rings is 1. The van der Waals surface area contributed by atoms with Gasteiger partial charge in [-0.25, -0.2) is 9.18 Å². The van der Waals surface area contributed by atoms with E-state index < -0.39 is 5.97 Å². The quantitative estimate of drug-likeness (QED) is 0.609. The van der Waals surface area contributed by atoms with Crippen LogP contribution < -0.4 is 4.90 Å². The molecule has 0 aliphatic rings. The fraction of sp³-hybridized carbons (Fsp3) is 0.357. The summed E-state index contributed by atoms with van der Waals surface area (Å²) in [7, 11) is 3.39. The fourth-order valence-electron chi connectivity index (χ4n) is 1.79. The minimum absolute atomic E-state index is 0.368. The van der Waals surface area contributed by atoms with E-state index >= 15 is 0 Å². The van der Waals surface area contributed by atoms with Crippen LogP contribution in [0.2, 0.25) is 0 Å². The summed E-state index contributed by atoms with van der Waals surface area (Å²) in [4.78, 5) is 12.3. The molecule has 1 N–H and O–H groups in total. The van der Waals surface area contributed by atoms with Crippen molar-refractivity contribution in [1.82, 2.24) is 0 Å². The number of carboxylic acids is 1. The van der Waals surface area contributed by atoms with Gasteiger partial charge in [0.2, 0.25) is 0 Å². The maximum Gasteiger partial charge on any atom is 0.328 e. The lowest BCUT2D eigenvalue weighted by atomic mass is 10.1. The van der Waals surface area contributed by atoms with E-state index in [2.05, 4.69) is 0 Å². The van der Waals surface area contributed by atoms with Crippen LogP contribution in [-0.2, 0) is 9.53 Å². The summed E-state index contributed by atoms with van der Waals surface area (Å²) in [5, 5.41) is 8.64. The van der Waals surface area contributed by atoms with Gasteiger partial charge >= 0.3 is 5.97 Å². The van der Waals surface area contributed by atoms with Crippen molar-refractivity contribution in [3.63, 3.8) is 0 Å². The summed E-state index contributed by atoms with van der Waals surface area (Å²) in [6.07, 6.45) is 3.16. The SMILES string of the molecule is COCCCN(C)c1c(F)cccc1/C=C/C(=O)O. The second kappa shape index (κ2) is 7.53. The Balaban J connectivity index is 2.93. The molecule has 5 heteroatoms. The van der Waals surface area contributed by atoms with Crippen LogP contribution in [0, 0.1) is 5.82 Å². The molecule has 0 amide bonds. The first kappa shape index (κ1) is 15.2. The van der Waals surface area contributed by atoms with Crippen LogP contribution in [-0.4, -0.2) is 38.4 Å². The molecule has 0 unspecified atom stereocenters. The molecule has 1 aromatic carbocycles. The minimum atomic E-state index is -1.06. The highest BCUT2D eigenvalue weighted by molar-refractivity contribution is 5.87. The molecule has 0 aromatic heterocycles. The number of hydrogen-bond donors (Lipinski definition) is 1. The van der Waals surface area contributed by atoms with Crippen LogP contribution in [0.5, 0.6) is 0 Å². The zero-order valence-corrected chi connectivity index (χ0v) is 11.1. The van der Waals surface area contributed by atoms with Gasteiger partial charge in [-0.2, -0.15) is 0 Å². The molecule has 0 radical (unpaired) electrons. The summed E-state index contributed by atoms with van der Waals surface area (Å²) in [6.45, 7) is 1.22. The summed E-state index contributed by atoms with van der Waals surface area (Å²) >= 11 is 0. The molecule has 0 atom stereocenters. The summed E-state index contributed by atoms with van der Waals surface area (Å²) in [5.74, 6) is -1.43. The van der Waals surface area contributed by atoms with Gasteiger partial charge in [-0.15, -0.1) is 0 Å². The Bertz CT molecular complexity index is 460. The summed E-state index contributed by atoms with van der Waals surface area (Å²) in [6, 6.07) is 4.61. The van der Waals surface area contributed by atoms with E-state index in [4.69, 9.17) is 9.84 Å². The van der Waals surface area contributed by atoms with Crippen molar-refractivity contribution in [2.24, 2.45) is 0 Å². The van der Waals surface area contributed by atoms with Crippen LogP contribution >= 0.6 is 0 Å². The molecular weight excluding hydrogens is 249 g/mol. The van der Waals surface area contributed by atoms with E-state index in [1.54, 1.807) is 31.2 Å². The molecule has 0 aliphatic heterocycles. The first-order valence-corrected chi connectivity index (χ1v) is 5.96. The van der Waals surface area contributed by atoms with Crippen molar-refractivity contribution >= 4 is 17.7 Å². The van der Waals surface area contributed by atoms with Gasteiger partial charge < -0.3 is 14.7 Å². The Kier molecular flexibility index (Phi) is 6.02. The van der Waals surface area contributed by atoms with E-state index in [0.29, 0.717) is 24.4 Å². The number of carboxylic acid groups (broad SMARTS) is 1. The maximum atomic E-state index is 13.9. The molecule has 104 valence electrons. The number of para-hydroxylation sites is 1. The first-order valence-electron chi connectivity index (χ1n) is 5.96. The molecular formula is C14H18FNO3. The third-order valence-corrected chi connectivity index (χ3v) is 2.65. The van der Waals surface area contributed by atoms with E-state index in [9.17, 15) is 9.18 Å². The average molecular weight is 267 g/mol. The molecule has 0 saturated carbocycles. The largest absolute Gasteiger partial charge is 0.478 e. The number of anilines is 1. The van der Waals surface area contributed by atoms with Crippen LogP contribution in [0.15, 0.2) is 24.3 Å². The van der Waals surface area contributed by atoms with Gasteiger partial charge in [0.1, 0.15) is 5.82 Å². The third-order valence-electron chi connectivity index (χ3n) is 2.65. The van der Waals surface area contributed by atoms with Crippen molar-refractivity contribution in [1.29, 1.82) is 0 Å². The Labute approximate surface area is 112 Å². The molecule has 0 aliphatic carbocycles. The highest BCUT2D eigenvalue weighted by atomic mass is 19.1. The normalized spacial score (nSPS) is 10.9. The van der Waals surface area contributed by atoms with E-state index in [-0.39, 0.29) is 5.82 Å². The molecule has 0 heterocycles. The van der Waals surface area contributed by atoms with Gasteiger partial charge in [-0.05, 0) is 18.6 Å². The van der Waals surface area contributed by atoms with Crippen molar-refractivity contribution in [3.05, 3.63) is 35.7 Å². The second-order valence-corrected chi connectivity index (χ2v) is 4.12. The average Bonchev–Trinajstić information content (AvgIpc) is 2.36.